The maximum atomic E-state index is 6.25. The number of hydrogen-bond acceptors (Lipinski definition) is 6. The molecule has 2 atom stereocenters. The Balaban J connectivity index is 1.52. The number of nitrogens with zero attached hydrogens (tertiary/aromatic N) is 3. The first kappa shape index (κ1) is 15.4. The van der Waals surface area contributed by atoms with Crippen molar-refractivity contribution < 1.29 is 4.74 Å². The molecule has 2 unspecified atom stereocenters. The average Bonchev–Trinajstić information content (AvgIpc) is 3.16. The number of rotatable bonds is 6. The number of nitrogens with two attached hydrogens (primary N) is 1. The molecule has 3 rings (SSSR count). The molecule has 0 amide bonds. The van der Waals surface area contributed by atoms with Crippen LogP contribution in [0.3, 0.4) is 0 Å². The summed E-state index contributed by atoms with van der Waals surface area (Å²) < 4.78 is 5.76. The summed E-state index contributed by atoms with van der Waals surface area (Å²) in [4.78, 5) is 11.0. The predicted molar refractivity (Wildman–Crippen MR) is 88.1 cm³/mol. The van der Waals surface area contributed by atoms with Gasteiger partial charge in [-0.3, -0.25) is 9.88 Å². The van der Waals surface area contributed by atoms with Gasteiger partial charge in [0, 0.05) is 24.3 Å². The highest BCUT2D eigenvalue weighted by Gasteiger charge is 2.28. The second-order valence-corrected chi connectivity index (χ2v) is 6.72. The van der Waals surface area contributed by atoms with Gasteiger partial charge in [-0.1, -0.05) is 0 Å². The fraction of sp³-hybridized carbons (Fsp3) is 0.500. The number of likely N-dealkylation sites (tertiary alicyclic amines) is 1. The summed E-state index contributed by atoms with van der Waals surface area (Å²) in [5, 5.41) is 3.24. The third-order valence-corrected chi connectivity index (χ3v) is 4.76. The molecule has 2 aromatic rings. The number of thiazole rings is 1. The van der Waals surface area contributed by atoms with Crippen LogP contribution in [0, 0.1) is 6.92 Å². The Morgan fingerprint density at radius 2 is 2.41 bits per heavy atom. The normalized spacial score (nSPS) is 20.2. The first-order valence-corrected chi connectivity index (χ1v) is 8.54. The van der Waals surface area contributed by atoms with Gasteiger partial charge in [0.25, 0.3) is 0 Å². The van der Waals surface area contributed by atoms with Gasteiger partial charge in [-0.25, -0.2) is 4.98 Å². The molecule has 1 saturated heterocycles. The largest absolute Gasteiger partial charge is 0.490 e. The van der Waals surface area contributed by atoms with Crippen LogP contribution < -0.4 is 10.5 Å². The average molecular weight is 318 g/mol. The zero-order valence-corrected chi connectivity index (χ0v) is 13.6. The molecule has 1 aliphatic rings. The Morgan fingerprint density at radius 3 is 3.18 bits per heavy atom. The minimum absolute atomic E-state index is 0.0129. The monoisotopic (exact) mass is 318 g/mol. The molecule has 0 aromatic carbocycles. The van der Waals surface area contributed by atoms with E-state index in [0.29, 0.717) is 12.6 Å². The number of pyridine rings is 1. The zero-order chi connectivity index (χ0) is 15.4. The van der Waals surface area contributed by atoms with Crippen molar-refractivity contribution in [2.75, 3.05) is 19.7 Å². The third kappa shape index (κ3) is 3.82. The highest BCUT2D eigenvalue weighted by Crippen LogP contribution is 2.32. The minimum atomic E-state index is -0.0129. The maximum Gasteiger partial charge on any atom is 0.137 e. The van der Waals surface area contributed by atoms with Crippen LogP contribution in [0.15, 0.2) is 30.0 Å². The maximum absolute atomic E-state index is 6.25. The SMILES string of the molecule is Cc1cncc(OCC(N)CN2CCCC2c2nccs2)c1. The van der Waals surface area contributed by atoms with Gasteiger partial charge in [0.1, 0.15) is 17.4 Å². The van der Waals surface area contributed by atoms with Crippen molar-refractivity contribution in [1.82, 2.24) is 14.9 Å². The van der Waals surface area contributed by atoms with Crippen molar-refractivity contribution in [3.05, 3.63) is 40.6 Å². The summed E-state index contributed by atoms with van der Waals surface area (Å²) >= 11 is 1.73. The molecule has 2 N–H and O–H groups in total. The van der Waals surface area contributed by atoms with Crippen molar-refractivity contribution in [2.45, 2.75) is 31.8 Å². The van der Waals surface area contributed by atoms with E-state index in [1.54, 1.807) is 17.5 Å². The Morgan fingerprint density at radius 1 is 1.50 bits per heavy atom. The molecule has 0 spiro atoms. The van der Waals surface area contributed by atoms with E-state index in [1.165, 1.54) is 17.8 Å². The van der Waals surface area contributed by atoms with E-state index in [9.17, 15) is 0 Å². The Hall–Kier alpha value is -1.50. The van der Waals surface area contributed by atoms with E-state index in [4.69, 9.17) is 10.5 Å². The summed E-state index contributed by atoms with van der Waals surface area (Å²) in [6, 6.07) is 2.39. The summed E-state index contributed by atoms with van der Waals surface area (Å²) in [5.74, 6) is 0.786. The fourth-order valence-corrected chi connectivity index (χ4v) is 3.69. The van der Waals surface area contributed by atoms with E-state index in [2.05, 4.69) is 14.9 Å². The first-order valence-electron chi connectivity index (χ1n) is 7.66. The van der Waals surface area contributed by atoms with Gasteiger partial charge in [0.15, 0.2) is 0 Å². The Bertz CT molecular complexity index is 590. The minimum Gasteiger partial charge on any atom is -0.490 e. The molecule has 0 bridgehead atoms. The lowest BCUT2D eigenvalue weighted by Gasteiger charge is -2.26. The fourth-order valence-electron chi connectivity index (χ4n) is 2.89. The summed E-state index contributed by atoms with van der Waals surface area (Å²) in [6.45, 7) is 4.43. The van der Waals surface area contributed by atoms with Crippen molar-refractivity contribution in [2.24, 2.45) is 5.73 Å². The molecule has 2 aromatic heterocycles. The summed E-state index contributed by atoms with van der Waals surface area (Å²) in [5.41, 5.74) is 7.34. The second-order valence-electron chi connectivity index (χ2n) is 5.79. The van der Waals surface area contributed by atoms with Crippen molar-refractivity contribution in [1.29, 1.82) is 0 Å². The van der Waals surface area contributed by atoms with E-state index in [0.717, 1.165) is 24.4 Å². The van der Waals surface area contributed by atoms with Crippen LogP contribution in [-0.4, -0.2) is 40.6 Å². The Kier molecular flexibility index (Phi) is 5.02. The topological polar surface area (TPSA) is 64.3 Å². The molecule has 0 aliphatic carbocycles. The van der Waals surface area contributed by atoms with Crippen molar-refractivity contribution in [3.63, 3.8) is 0 Å². The van der Waals surface area contributed by atoms with Crippen LogP contribution >= 0.6 is 11.3 Å². The van der Waals surface area contributed by atoms with Crippen LogP contribution in [0.5, 0.6) is 5.75 Å². The van der Waals surface area contributed by atoms with Crippen LogP contribution in [0.4, 0.5) is 0 Å². The van der Waals surface area contributed by atoms with E-state index in [1.807, 2.05) is 30.8 Å². The third-order valence-electron chi connectivity index (χ3n) is 3.88. The van der Waals surface area contributed by atoms with E-state index in [-0.39, 0.29) is 6.04 Å². The highest BCUT2D eigenvalue weighted by atomic mass is 32.1. The van der Waals surface area contributed by atoms with Crippen LogP contribution in [-0.2, 0) is 0 Å². The molecule has 0 radical (unpaired) electrons. The Labute approximate surface area is 135 Å². The highest BCUT2D eigenvalue weighted by molar-refractivity contribution is 7.09. The van der Waals surface area contributed by atoms with Gasteiger partial charge < -0.3 is 10.5 Å². The van der Waals surface area contributed by atoms with Crippen molar-refractivity contribution in [3.8, 4) is 5.75 Å². The van der Waals surface area contributed by atoms with Crippen LogP contribution in [0.1, 0.15) is 29.5 Å². The predicted octanol–water partition coefficient (Wildman–Crippen LogP) is 2.39. The van der Waals surface area contributed by atoms with Gasteiger partial charge in [-0.15, -0.1) is 11.3 Å². The second kappa shape index (κ2) is 7.17. The lowest BCUT2D eigenvalue weighted by molar-refractivity contribution is 0.201. The molecule has 1 aliphatic heterocycles. The van der Waals surface area contributed by atoms with Crippen LogP contribution in [0.2, 0.25) is 0 Å². The van der Waals surface area contributed by atoms with Gasteiger partial charge in [0.05, 0.1) is 18.3 Å². The first-order chi connectivity index (χ1) is 10.7. The lowest BCUT2D eigenvalue weighted by atomic mass is 10.2. The molecule has 5 nitrogen and oxygen atoms in total. The van der Waals surface area contributed by atoms with Gasteiger partial charge in [-0.2, -0.15) is 0 Å². The number of hydrogen-bond donors (Lipinski definition) is 1. The van der Waals surface area contributed by atoms with E-state index < -0.39 is 0 Å². The number of aryl methyl sites for hydroxylation is 1. The van der Waals surface area contributed by atoms with E-state index >= 15 is 0 Å². The number of ether oxygens (including phenoxy) is 1. The quantitative estimate of drug-likeness (QED) is 0.886. The van der Waals surface area contributed by atoms with Crippen molar-refractivity contribution >= 4 is 11.3 Å². The molecule has 3 heterocycles. The zero-order valence-electron chi connectivity index (χ0n) is 12.8. The van der Waals surface area contributed by atoms with Gasteiger partial charge in [0.2, 0.25) is 0 Å². The van der Waals surface area contributed by atoms with Crippen LogP contribution in [0.25, 0.3) is 0 Å². The molecular weight excluding hydrogens is 296 g/mol. The smallest absolute Gasteiger partial charge is 0.137 e. The molecule has 22 heavy (non-hydrogen) atoms. The standard InChI is InChI=1S/C16H22N4OS/c1-12-7-14(9-18-8-12)21-11-13(17)10-20-5-2-3-15(20)16-19-4-6-22-16/h4,6-9,13,15H,2-3,5,10-11,17H2,1H3. The van der Waals surface area contributed by atoms with Gasteiger partial charge >= 0.3 is 0 Å². The summed E-state index contributed by atoms with van der Waals surface area (Å²) in [6.07, 6.45) is 7.80. The van der Waals surface area contributed by atoms with Gasteiger partial charge in [-0.05, 0) is 37.9 Å². The number of aromatic nitrogens is 2. The summed E-state index contributed by atoms with van der Waals surface area (Å²) in [7, 11) is 0. The molecular formula is C16H22N4OS. The molecule has 1 fully saturated rings. The molecule has 118 valence electrons. The molecule has 0 saturated carbocycles. The lowest BCUT2D eigenvalue weighted by Crippen LogP contribution is -2.41. The molecule has 6 heteroatoms.